The Morgan fingerprint density at radius 3 is 2.43 bits per heavy atom. The number of fused-ring (bicyclic) bond motifs is 1. The van der Waals surface area contributed by atoms with Crippen molar-refractivity contribution in [3.05, 3.63) is 30.5 Å². The van der Waals surface area contributed by atoms with Crippen LogP contribution in [-0.2, 0) is 10.0 Å². The van der Waals surface area contributed by atoms with E-state index in [1.54, 1.807) is 12.1 Å². The second kappa shape index (κ2) is 6.05. The van der Waals surface area contributed by atoms with Crippen LogP contribution in [0.2, 0.25) is 18.1 Å². The second-order valence-corrected chi connectivity index (χ2v) is 14.1. The maximum atomic E-state index is 12.4. The summed E-state index contributed by atoms with van der Waals surface area (Å²) in [5.74, 6) is 0. The van der Waals surface area contributed by atoms with E-state index in [4.69, 9.17) is 5.11 Å². The first-order valence-electron chi connectivity index (χ1n) is 7.73. The van der Waals surface area contributed by atoms with E-state index in [1.165, 1.54) is 0 Å². The summed E-state index contributed by atoms with van der Waals surface area (Å²) in [6.07, 6.45) is 2.01. The Labute approximate surface area is 139 Å². The SMILES string of the molecule is CC(C)(C)[Si](C)(C)n1ccc2c(S(=O)(=O)NCCO)cccc21. The first-order chi connectivity index (χ1) is 10.5. The summed E-state index contributed by atoms with van der Waals surface area (Å²) in [5, 5.41) is 9.73. The number of hydrogen-bond acceptors (Lipinski definition) is 3. The minimum absolute atomic E-state index is 0.0155. The highest BCUT2D eigenvalue weighted by atomic mass is 32.2. The topological polar surface area (TPSA) is 71.3 Å². The molecule has 1 heterocycles. The number of hydrogen-bond donors (Lipinski definition) is 2. The fraction of sp³-hybridized carbons (Fsp3) is 0.500. The van der Waals surface area contributed by atoms with Crippen LogP contribution in [-0.4, -0.2) is 39.1 Å². The fourth-order valence-corrected chi connectivity index (χ4v) is 5.68. The van der Waals surface area contributed by atoms with E-state index in [0.29, 0.717) is 0 Å². The van der Waals surface area contributed by atoms with Gasteiger partial charge >= 0.3 is 0 Å². The quantitative estimate of drug-likeness (QED) is 0.811. The largest absolute Gasteiger partial charge is 0.395 e. The lowest BCUT2D eigenvalue weighted by Crippen LogP contribution is -2.44. The van der Waals surface area contributed by atoms with Gasteiger partial charge in [-0.05, 0) is 29.4 Å². The molecule has 0 atom stereocenters. The molecule has 5 nitrogen and oxygen atoms in total. The molecule has 128 valence electrons. The van der Waals surface area contributed by atoms with Gasteiger partial charge in [0.05, 0.1) is 11.5 Å². The normalized spacial score (nSPS) is 13.7. The van der Waals surface area contributed by atoms with Crippen LogP contribution in [0.3, 0.4) is 0 Å². The molecule has 0 aliphatic heterocycles. The number of sulfonamides is 1. The van der Waals surface area contributed by atoms with Crippen LogP contribution in [0.1, 0.15) is 20.8 Å². The molecule has 1 aromatic carbocycles. The van der Waals surface area contributed by atoms with E-state index < -0.39 is 18.3 Å². The Kier molecular flexibility index (Phi) is 4.78. The Morgan fingerprint density at radius 1 is 1.22 bits per heavy atom. The molecule has 0 radical (unpaired) electrons. The van der Waals surface area contributed by atoms with Crippen molar-refractivity contribution < 1.29 is 13.5 Å². The fourth-order valence-electron chi connectivity index (χ4n) is 2.48. The Balaban J connectivity index is 2.63. The molecule has 2 aromatic rings. The van der Waals surface area contributed by atoms with Crippen molar-refractivity contribution in [2.75, 3.05) is 13.2 Å². The third kappa shape index (κ3) is 3.23. The molecule has 1 aromatic heterocycles. The molecule has 0 unspecified atom stereocenters. The number of nitrogens with zero attached hydrogens (tertiary/aromatic N) is 1. The van der Waals surface area contributed by atoms with Gasteiger partial charge in [-0.25, -0.2) is 13.1 Å². The first-order valence-corrected chi connectivity index (χ1v) is 12.2. The zero-order chi connectivity index (χ0) is 17.5. The van der Waals surface area contributed by atoms with Crippen LogP contribution < -0.4 is 4.72 Å². The highest BCUT2D eigenvalue weighted by molar-refractivity contribution is 7.89. The molecule has 2 rings (SSSR count). The predicted octanol–water partition coefficient (Wildman–Crippen LogP) is 2.77. The van der Waals surface area contributed by atoms with E-state index in [9.17, 15) is 8.42 Å². The zero-order valence-electron chi connectivity index (χ0n) is 14.4. The standard InChI is InChI=1S/C16H26N2O3SSi/c1-16(2,3)23(4,5)18-11-9-13-14(18)7-6-8-15(13)22(20,21)17-10-12-19/h6-9,11,17,19H,10,12H2,1-5H3. The van der Waals surface area contributed by atoms with Crippen LogP contribution in [0.4, 0.5) is 0 Å². The minimum Gasteiger partial charge on any atom is -0.395 e. The van der Waals surface area contributed by atoms with Crippen LogP contribution in [0.15, 0.2) is 35.4 Å². The number of nitrogens with one attached hydrogen (secondary N) is 1. The van der Waals surface area contributed by atoms with Crippen molar-refractivity contribution in [2.45, 2.75) is 43.8 Å². The monoisotopic (exact) mass is 354 g/mol. The molecule has 7 heteroatoms. The van der Waals surface area contributed by atoms with Gasteiger partial charge < -0.3 is 9.34 Å². The van der Waals surface area contributed by atoms with Gasteiger partial charge in [0, 0.05) is 17.4 Å². The average molecular weight is 355 g/mol. The summed E-state index contributed by atoms with van der Waals surface area (Å²) in [6, 6.07) is 7.24. The summed E-state index contributed by atoms with van der Waals surface area (Å²) in [7, 11) is -5.46. The second-order valence-electron chi connectivity index (χ2n) is 7.31. The predicted molar refractivity (Wildman–Crippen MR) is 96.8 cm³/mol. The summed E-state index contributed by atoms with van der Waals surface area (Å²) in [6.45, 7) is 11.1. The molecular formula is C16H26N2O3SSi. The Bertz CT molecular complexity index is 804. The molecular weight excluding hydrogens is 328 g/mol. The lowest BCUT2D eigenvalue weighted by molar-refractivity contribution is 0.301. The van der Waals surface area contributed by atoms with Crippen molar-refractivity contribution in [3.63, 3.8) is 0 Å². The molecule has 0 saturated carbocycles. The van der Waals surface area contributed by atoms with Gasteiger partial charge in [-0.1, -0.05) is 39.9 Å². The molecule has 0 amide bonds. The maximum absolute atomic E-state index is 12.4. The molecule has 2 N–H and O–H groups in total. The Morgan fingerprint density at radius 2 is 1.87 bits per heavy atom. The average Bonchev–Trinajstić information content (AvgIpc) is 2.88. The zero-order valence-corrected chi connectivity index (χ0v) is 16.2. The van der Waals surface area contributed by atoms with Gasteiger partial charge in [0.25, 0.3) is 0 Å². The van der Waals surface area contributed by atoms with Crippen molar-refractivity contribution >= 4 is 29.2 Å². The van der Waals surface area contributed by atoms with E-state index >= 15 is 0 Å². The van der Waals surface area contributed by atoms with Gasteiger partial charge in [0.2, 0.25) is 10.0 Å². The Hall–Kier alpha value is -1.15. The van der Waals surface area contributed by atoms with E-state index in [2.05, 4.69) is 42.8 Å². The highest BCUT2D eigenvalue weighted by Gasteiger charge is 2.38. The minimum atomic E-state index is -3.62. The van der Waals surface area contributed by atoms with E-state index in [0.717, 1.165) is 10.9 Å². The number of rotatable bonds is 5. The van der Waals surface area contributed by atoms with Crippen LogP contribution in [0, 0.1) is 0 Å². The highest BCUT2D eigenvalue weighted by Crippen LogP contribution is 2.39. The van der Waals surface area contributed by atoms with Gasteiger partial charge in [-0.15, -0.1) is 0 Å². The lowest BCUT2D eigenvalue weighted by atomic mass is 10.2. The number of aliphatic hydroxyl groups excluding tert-OH is 1. The van der Waals surface area contributed by atoms with Crippen LogP contribution in [0.5, 0.6) is 0 Å². The summed E-state index contributed by atoms with van der Waals surface area (Å²) in [5.41, 5.74) is 0.948. The number of benzene rings is 1. The molecule has 23 heavy (non-hydrogen) atoms. The summed E-state index contributed by atoms with van der Waals surface area (Å²) >= 11 is 0. The lowest BCUT2D eigenvalue weighted by Gasteiger charge is -2.38. The van der Waals surface area contributed by atoms with Crippen molar-refractivity contribution in [2.24, 2.45) is 0 Å². The van der Waals surface area contributed by atoms with E-state index in [-0.39, 0.29) is 23.1 Å². The molecule has 0 saturated heterocycles. The molecule has 0 aliphatic rings. The molecule has 0 fully saturated rings. The van der Waals surface area contributed by atoms with Gasteiger partial charge in [0.1, 0.15) is 0 Å². The molecule has 0 bridgehead atoms. The third-order valence-electron chi connectivity index (χ3n) is 4.82. The van der Waals surface area contributed by atoms with Gasteiger partial charge in [-0.2, -0.15) is 0 Å². The van der Waals surface area contributed by atoms with Gasteiger partial charge in [-0.3, -0.25) is 0 Å². The van der Waals surface area contributed by atoms with Gasteiger partial charge in [0.15, 0.2) is 8.24 Å². The van der Waals surface area contributed by atoms with Crippen LogP contribution in [0.25, 0.3) is 10.9 Å². The maximum Gasteiger partial charge on any atom is 0.241 e. The van der Waals surface area contributed by atoms with Crippen LogP contribution >= 0.6 is 0 Å². The smallest absolute Gasteiger partial charge is 0.241 e. The summed E-state index contributed by atoms with van der Waals surface area (Å²) in [4.78, 5) is 0.265. The van der Waals surface area contributed by atoms with Crippen molar-refractivity contribution in [1.82, 2.24) is 8.95 Å². The number of aromatic nitrogens is 1. The first kappa shape index (κ1) is 18.2. The van der Waals surface area contributed by atoms with E-state index in [1.807, 2.05) is 18.3 Å². The third-order valence-corrected chi connectivity index (χ3v) is 11.6. The van der Waals surface area contributed by atoms with Crippen molar-refractivity contribution in [3.8, 4) is 0 Å². The van der Waals surface area contributed by atoms with Crippen molar-refractivity contribution in [1.29, 1.82) is 0 Å². The molecule has 0 aliphatic carbocycles. The summed E-state index contributed by atoms with van der Waals surface area (Å²) < 4.78 is 29.6. The number of aliphatic hydroxyl groups is 1. The molecule has 0 spiro atoms.